The highest BCUT2D eigenvalue weighted by Gasteiger charge is 2.25. The first-order chi connectivity index (χ1) is 14.0. The lowest BCUT2D eigenvalue weighted by atomic mass is 10.1. The molecule has 3 rings (SSSR count). The third-order valence-electron chi connectivity index (χ3n) is 4.56. The van der Waals surface area contributed by atoms with Crippen LogP contribution in [0.1, 0.15) is 22.8 Å². The van der Waals surface area contributed by atoms with Crippen molar-refractivity contribution in [2.75, 3.05) is 31.4 Å². The molecule has 1 heterocycles. The zero-order valence-corrected chi connectivity index (χ0v) is 17.1. The number of hydrogen-bond donors (Lipinski definition) is 2. The Balaban J connectivity index is 1.51. The van der Waals surface area contributed by atoms with Crippen LogP contribution in [0.25, 0.3) is 0 Å². The van der Waals surface area contributed by atoms with Gasteiger partial charge in [-0.25, -0.2) is 0 Å². The van der Waals surface area contributed by atoms with Crippen LogP contribution in [-0.2, 0) is 11.2 Å². The van der Waals surface area contributed by atoms with E-state index in [1.807, 2.05) is 31.2 Å². The molecule has 0 saturated heterocycles. The van der Waals surface area contributed by atoms with Crippen LogP contribution in [0.3, 0.4) is 0 Å². The van der Waals surface area contributed by atoms with Crippen LogP contribution in [0.4, 0.5) is 5.69 Å². The van der Waals surface area contributed by atoms with Gasteiger partial charge in [0.1, 0.15) is 18.1 Å². The molecule has 0 spiro atoms. The summed E-state index contributed by atoms with van der Waals surface area (Å²) < 4.78 is 11.4. The number of thioether (sulfide) groups is 1. The number of nitrogen functional groups attached to an aromatic ring is 1. The number of anilines is 1. The summed E-state index contributed by atoms with van der Waals surface area (Å²) in [6.45, 7) is 2.91. The molecule has 154 valence electrons. The number of amides is 2. The number of nitrogens with two attached hydrogens (primary N) is 2. The van der Waals surface area contributed by atoms with Crippen molar-refractivity contribution in [1.29, 1.82) is 0 Å². The van der Waals surface area contributed by atoms with Gasteiger partial charge in [-0.2, -0.15) is 0 Å². The highest BCUT2D eigenvalue weighted by atomic mass is 32.2. The van der Waals surface area contributed by atoms with E-state index in [4.69, 9.17) is 20.9 Å². The molecule has 0 aromatic heterocycles. The Morgan fingerprint density at radius 3 is 2.72 bits per heavy atom. The number of ether oxygens (including phenoxy) is 2. The van der Waals surface area contributed by atoms with Crippen molar-refractivity contribution < 1.29 is 19.1 Å². The average Bonchev–Trinajstić information content (AvgIpc) is 2.71. The van der Waals surface area contributed by atoms with E-state index in [2.05, 4.69) is 0 Å². The van der Waals surface area contributed by atoms with Crippen LogP contribution in [0.15, 0.2) is 42.5 Å². The predicted molar refractivity (Wildman–Crippen MR) is 114 cm³/mol. The summed E-state index contributed by atoms with van der Waals surface area (Å²) in [5.41, 5.74) is 13.2. The van der Waals surface area contributed by atoms with Gasteiger partial charge in [0.05, 0.1) is 17.4 Å². The van der Waals surface area contributed by atoms with Crippen molar-refractivity contribution in [3.05, 3.63) is 53.6 Å². The molecule has 1 unspecified atom stereocenters. The molecular weight excluding hydrogens is 390 g/mol. The van der Waals surface area contributed by atoms with E-state index < -0.39 is 0 Å². The summed E-state index contributed by atoms with van der Waals surface area (Å²) in [7, 11) is 0. The summed E-state index contributed by atoms with van der Waals surface area (Å²) in [5.74, 6) is 1.66. The molecule has 0 fully saturated rings. The van der Waals surface area contributed by atoms with Crippen LogP contribution in [0.5, 0.6) is 11.5 Å². The third kappa shape index (κ3) is 5.35. The van der Waals surface area contributed by atoms with Gasteiger partial charge in [-0.05, 0) is 48.1 Å². The van der Waals surface area contributed by atoms with Gasteiger partial charge < -0.3 is 25.8 Å². The van der Waals surface area contributed by atoms with Crippen LogP contribution in [0, 0.1) is 0 Å². The smallest absolute Gasteiger partial charge is 0.260 e. The Morgan fingerprint density at radius 1 is 1.28 bits per heavy atom. The summed E-state index contributed by atoms with van der Waals surface area (Å²) in [6.07, 6.45) is 0.594. The highest BCUT2D eigenvalue weighted by molar-refractivity contribution is 8.00. The van der Waals surface area contributed by atoms with Gasteiger partial charge in [0.25, 0.3) is 5.91 Å². The molecule has 0 radical (unpaired) electrons. The standard InChI is InChI=1S/C21H25N3O4S/c1-2-29-19(20(23)25)11-14-3-6-16(7-4-14)27-10-9-24-13-28-18-8-5-15(22)12-17(18)21(24)26/h3-8,12,19H,2,9-11,13,22H2,1H3,(H2,23,25). The molecule has 1 aliphatic rings. The second-order valence-corrected chi connectivity index (χ2v) is 8.12. The second-order valence-electron chi connectivity index (χ2n) is 6.64. The van der Waals surface area contributed by atoms with Gasteiger partial charge in [-0.1, -0.05) is 19.1 Å². The topological polar surface area (TPSA) is 108 Å². The number of fused-ring (bicyclic) bond motifs is 1. The SMILES string of the molecule is CCSC(Cc1ccc(OCCN2COc3ccc(N)cc3C2=O)cc1)C(N)=O. The Labute approximate surface area is 174 Å². The van der Waals surface area contributed by atoms with Gasteiger partial charge >= 0.3 is 0 Å². The predicted octanol–water partition coefficient (Wildman–Crippen LogP) is 2.29. The molecule has 29 heavy (non-hydrogen) atoms. The number of nitrogens with zero attached hydrogens (tertiary/aromatic N) is 1. The van der Waals surface area contributed by atoms with Crippen LogP contribution < -0.4 is 20.9 Å². The van der Waals surface area contributed by atoms with Gasteiger partial charge in [0, 0.05) is 5.69 Å². The minimum Gasteiger partial charge on any atom is -0.492 e. The fraction of sp³-hybridized carbons (Fsp3) is 0.333. The first-order valence-electron chi connectivity index (χ1n) is 9.42. The Bertz CT molecular complexity index is 873. The summed E-state index contributed by atoms with van der Waals surface area (Å²) in [4.78, 5) is 25.6. The van der Waals surface area contributed by atoms with E-state index in [0.717, 1.165) is 11.3 Å². The van der Waals surface area contributed by atoms with Crippen molar-refractivity contribution in [3.8, 4) is 11.5 Å². The lowest BCUT2D eigenvalue weighted by Crippen LogP contribution is -2.41. The number of hydrogen-bond acceptors (Lipinski definition) is 6. The minimum absolute atomic E-state index is 0.122. The maximum atomic E-state index is 12.6. The summed E-state index contributed by atoms with van der Waals surface area (Å²) >= 11 is 1.55. The van der Waals surface area contributed by atoms with Crippen LogP contribution in [-0.4, -0.2) is 47.6 Å². The largest absolute Gasteiger partial charge is 0.492 e. The first kappa shape index (κ1) is 20.9. The Hall–Kier alpha value is -2.87. The molecule has 2 aromatic rings. The van der Waals surface area contributed by atoms with E-state index in [1.165, 1.54) is 0 Å². The van der Waals surface area contributed by atoms with Crippen molar-refractivity contribution >= 4 is 29.3 Å². The monoisotopic (exact) mass is 415 g/mol. The van der Waals surface area contributed by atoms with E-state index >= 15 is 0 Å². The second kappa shape index (κ2) is 9.56. The summed E-state index contributed by atoms with van der Waals surface area (Å²) in [6, 6.07) is 12.6. The fourth-order valence-electron chi connectivity index (χ4n) is 3.04. The van der Waals surface area contributed by atoms with Crippen molar-refractivity contribution in [1.82, 2.24) is 4.90 Å². The fourth-order valence-corrected chi connectivity index (χ4v) is 3.91. The number of rotatable bonds is 9. The minimum atomic E-state index is -0.297. The number of carbonyl (C=O) groups is 2. The van der Waals surface area contributed by atoms with Crippen molar-refractivity contribution in [2.45, 2.75) is 18.6 Å². The lowest BCUT2D eigenvalue weighted by molar-refractivity contribution is -0.117. The molecule has 7 nitrogen and oxygen atoms in total. The Kier molecular flexibility index (Phi) is 6.87. The van der Waals surface area contributed by atoms with Crippen molar-refractivity contribution in [3.63, 3.8) is 0 Å². The van der Waals surface area contributed by atoms with Crippen molar-refractivity contribution in [2.24, 2.45) is 5.73 Å². The normalized spacial score (nSPS) is 14.1. The Morgan fingerprint density at radius 2 is 2.03 bits per heavy atom. The van der Waals surface area contributed by atoms with Gasteiger partial charge in [-0.15, -0.1) is 11.8 Å². The molecule has 0 bridgehead atoms. The summed E-state index contributed by atoms with van der Waals surface area (Å²) in [5, 5.41) is -0.228. The molecule has 1 atom stereocenters. The van der Waals surface area contributed by atoms with E-state index in [9.17, 15) is 9.59 Å². The number of primary amides is 1. The lowest BCUT2D eigenvalue weighted by Gasteiger charge is -2.28. The maximum absolute atomic E-state index is 12.6. The molecule has 1 aliphatic heterocycles. The van der Waals surface area contributed by atoms with Gasteiger partial charge in [0.15, 0.2) is 6.73 Å². The number of carbonyl (C=O) groups excluding carboxylic acids is 2. The quantitative estimate of drug-likeness (QED) is 0.609. The van der Waals surface area contributed by atoms with Crippen LogP contribution in [0.2, 0.25) is 0 Å². The van der Waals surface area contributed by atoms with Gasteiger partial charge in [0.2, 0.25) is 5.91 Å². The molecule has 0 saturated carbocycles. The molecular formula is C21H25N3O4S. The van der Waals surface area contributed by atoms with E-state index in [-0.39, 0.29) is 23.8 Å². The third-order valence-corrected chi connectivity index (χ3v) is 5.69. The molecule has 4 N–H and O–H groups in total. The van der Waals surface area contributed by atoms with E-state index in [0.29, 0.717) is 42.3 Å². The zero-order valence-electron chi connectivity index (χ0n) is 16.3. The zero-order chi connectivity index (χ0) is 20.8. The van der Waals surface area contributed by atoms with Crippen LogP contribution >= 0.6 is 11.8 Å². The molecule has 0 aliphatic carbocycles. The highest BCUT2D eigenvalue weighted by Crippen LogP contribution is 2.26. The maximum Gasteiger partial charge on any atom is 0.260 e. The molecule has 2 amide bonds. The van der Waals surface area contributed by atoms with Gasteiger partial charge in [-0.3, -0.25) is 9.59 Å². The molecule has 8 heteroatoms. The average molecular weight is 416 g/mol. The molecule has 2 aromatic carbocycles. The number of benzene rings is 2. The van der Waals surface area contributed by atoms with E-state index in [1.54, 1.807) is 34.9 Å². The first-order valence-corrected chi connectivity index (χ1v) is 10.5.